The zero-order valence-corrected chi connectivity index (χ0v) is 7.13. The first-order chi connectivity index (χ1) is 5.36. The highest BCUT2D eigenvalue weighted by Gasteiger charge is 2.27. The van der Waals surface area contributed by atoms with Gasteiger partial charge in [-0.15, -0.1) is 0 Å². The maximum atomic E-state index is 5.84. The zero-order chi connectivity index (χ0) is 7.68. The molecule has 2 nitrogen and oxygen atoms in total. The molecule has 2 rings (SSSR count). The lowest BCUT2D eigenvalue weighted by Gasteiger charge is -2.41. The van der Waals surface area contributed by atoms with Gasteiger partial charge in [0.05, 0.1) is 0 Å². The van der Waals surface area contributed by atoms with Crippen molar-refractivity contribution in [2.45, 2.75) is 44.2 Å². The number of likely N-dealkylation sites (tertiary alicyclic amines) is 1. The van der Waals surface area contributed by atoms with E-state index in [0.29, 0.717) is 6.04 Å². The molecule has 0 aromatic rings. The van der Waals surface area contributed by atoms with Gasteiger partial charge in [-0.1, -0.05) is 0 Å². The maximum Gasteiger partial charge on any atom is 0.00964 e. The Balaban J connectivity index is 1.77. The molecular formula is C9H18N2. The molecule has 0 aromatic heterocycles. The molecule has 0 radical (unpaired) electrons. The Morgan fingerprint density at radius 2 is 1.64 bits per heavy atom. The Morgan fingerprint density at radius 3 is 2.09 bits per heavy atom. The minimum absolute atomic E-state index is 0.507. The Morgan fingerprint density at radius 1 is 1.00 bits per heavy atom. The van der Waals surface area contributed by atoms with Gasteiger partial charge in [-0.2, -0.15) is 0 Å². The van der Waals surface area contributed by atoms with Crippen LogP contribution in [-0.2, 0) is 0 Å². The summed E-state index contributed by atoms with van der Waals surface area (Å²) in [5, 5.41) is 0. The van der Waals surface area contributed by atoms with Crippen LogP contribution in [0.5, 0.6) is 0 Å². The van der Waals surface area contributed by atoms with Gasteiger partial charge >= 0.3 is 0 Å². The zero-order valence-electron chi connectivity index (χ0n) is 7.13. The predicted octanol–water partition coefficient (Wildman–Crippen LogP) is 0.962. The Bertz CT molecular complexity index is 124. The molecule has 0 amide bonds. The monoisotopic (exact) mass is 154 g/mol. The van der Waals surface area contributed by atoms with Crippen LogP contribution in [-0.4, -0.2) is 30.1 Å². The van der Waals surface area contributed by atoms with Gasteiger partial charge in [0.15, 0.2) is 0 Å². The molecule has 2 fully saturated rings. The summed E-state index contributed by atoms with van der Waals surface area (Å²) in [7, 11) is 0. The molecule has 64 valence electrons. The lowest BCUT2D eigenvalue weighted by Crippen LogP contribution is -2.47. The molecule has 2 N–H and O–H groups in total. The predicted molar refractivity (Wildman–Crippen MR) is 46.4 cm³/mol. The summed E-state index contributed by atoms with van der Waals surface area (Å²) in [5.74, 6) is 0. The van der Waals surface area contributed by atoms with Crippen molar-refractivity contribution >= 4 is 0 Å². The number of rotatable bonds is 1. The van der Waals surface area contributed by atoms with E-state index in [0.717, 1.165) is 6.04 Å². The van der Waals surface area contributed by atoms with Crippen LogP contribution in [0.1, 0.15) is 32.1 Å². The van der Waals surface area contributed by atoms with Gasteiger partial charge in [-0.3, -0.25) is 0 Å². The average Bonchev–Trinajstić information content (AvgIpc) is 1.90. The molecule has 11 heavy (non-hydrogen) atoms. The van der Waals surface area contributed by atoms with Crippen molar-refractivity contribution in [2.75, 3.05) is 13.1 Å². The Labute approximate surface area is 68.7 Å². The van der Waals surface area contributed by atoms with E-state index in [4.69, 9.17) is 5.73 Å². The number of nitrogens with zero attached hydrogens (tertiary/aromatic N) is 1. The van der Waals surface area contributed by atoms with Crippen LogP contribution in [0, 0.1) is 0 Å². The molecule has 2 heteroatoms. The minimum atomic E-state index is 0.507. The second-order valence-corrected chi connectivity index (χ2v) is 3.96. The molecular weight excluding hydrogens is 136 g/mol. The highest BCUT2D eigenvalue weighted by atomic mass is 15.2. The minimum Gasteiger partial charge on any atom is -0.328 e. The van der Waals surface area contributed by atoms with Gasteiger partial charge in [0, 0.05) is 12.1 Å². The van der Waals surface area contributed by atoms with E-state index in [2.05, 4.69) is 4.90 Å². The fraction of sp³-hybridized carbons (Fsp3) is 1.00. The highest BCUT2D eigenvalue weighted by molar-refractivity contribution is 4.84. The normalized spacial score (nSPS) is 40.1. The van der Waals surface area contributed by atoms with E-state index in [1.807, 2.05) is 0 Å². The molecule has 2 aliphatic rings. The van der Waals surface area contributed by atoms with Gasteiger partial charge in [-0.05, 0) is 45.2 Å². The van der Waals surface area contributed by atoms with Crippen molar-refractivity contribution in [1.29, 1.82) is 0 Å². The third-order valence-electron chi connectivity index (χ3n) is 3.15. The van der Waals surface area contributed by atoms with Crippen molar-refractivity contribution in [2.24, 2.45) is 5.73 Å². The van der Waals surface area contributed by atoms with Crippen LogP contribution in [0.3, 0.4) is 0 Å². The van der Waals surface area contributed by atoms with Crippen LogP contribution in [0.2, 0.25) is 0 Å². The van der Waals surface area contributed by atoms with Crippen LogP contribution in [0.25, 0.3) is 0 Å². The van der Waals surface area contributed by atoms with Gasteiger partial charge in [0.25, 0.3) is 0 Å². The molecule has 1 saturated heterocycles. The molecule has 0 unspecified atom stereocenters. The Hall–Kier alpha value is -0.0800. The first-order valence-corrected chi connectivity index (χ1v) is 4.86. The quantitative estimate of drug-likeness (QED) is 0.609. The van der Waals surface area contributed by atoms with Gasteiger partial charge in [0.2, 0.25) is 0 Å². The van der Waals surface area contributed by atoms with Crippen molar-refractivity contribution in [3.63, 3.8) is 0 Å². The summed E-state index contributed by atoms with van der Waals surface area (Å²) >= 11 is 0. The van der Waals surface area contributed by atoms with E-state index in [9.17, 15) is 0 Å². The van der Waals surface area contributed by atoms with E-state index in [-0.39, 0.29) is 0 Å². The summed E-state index contributed by atoms with van der Waals surface area (Å²) in [6.07, 6.45) is 6.62. The SMILES string of the molecule is NC1CCC(N2CCC2)CC1. The second-order valence-electron chi connectivity index (χ2n) is 3.96. The van der Waals surface area contributed by atoms with E-state index < -0.39 is 0 Å². The molecule has 1 aliphatic heterocycles. The second kappa shape index (κ2) is 3.11. The summed E-state index contributed by atoms with van der Waals surface area (Å²) < 4.78 is 0. The van der Waals surface area contributed by atoms with Crippen molar-refractivity contribution < 1.29 is 0 Å². The van der Waals surface area contributed by atoms with Gasteiger partial charge in [-0.25, -0.2) is 0 Å². The molecule has 0 spiro atoms. The van der Waals surface area contributed by atoms with E-state index in [1.54, 1.807) is 0 Å². The average molecular weight is 154 g/mol. The number of nitrogens with two attached hydrogens (primary N) is 1. The summed E-state index contributed by atoms with van der Waals surface area (Å²) in [6, 6.07) is 1.40. The van der Waals surface area contributed by atoms with E-state index >= 15 is 0 Å². The third-order valence-corrected chi connectivity index (χ3v) is 3.15. The molecule has 0 aromatic carbocycles. The maximum absolute atomic E-state index is 5.84. The molecule has 1 saturated carbocycles. The van der Waals surface area contributed by atoms with Crippen LogP contribution in [0.4, 0.5) is 0 Å². The lowest BCUT2D eigenvalue weighted by molar-refractivity contribution is 0.0874. The molecule has 0 atom stereocenters. The summed E-state index contributed by atoms with van der Waals surface area (Å²) in [4.78, 5) is 2.62. The van der Waals surface area contributed by atoms with E-state index in [1.165, 1.54) is 45.2 Å². The highest BCUT2D eigenvalue weighted by Crippen LogP contribution is 2.25. The third kappa shape index (κ3) is 1.57. The lowest BCUT2D eigenvalue weighted by atomic mass is 9.89. The van der Waals surface area contributed by atoms with Crippen LogP contribution >= 0.6 is 0 Å². The van der Waals surface area contributed by atoms with Crippen LogP contribution < -0.4 is 5.73 Å². The van der Waals surface area contributed by atoms with Crippen molar-refractivity contribution in [3.05, 3.63) is 0 Å². The first kappa shape index (κ1) is 7.56. The van der Waals surface area contributed by atoms with Crippen molar-refractivity contribution in [1.82, 2.24) is 4.90 Å². The summed E-state index contributed by atoms with van der Waals surface area (Å²) in [6.45, 7) is 2.69. The number of hydrogen-bond donors (Lipinski definition) is 1. The fourth-order valence-electron chi connectivity index (χ4n) is 2.17. The van der Waals surface area contributed by atoms with Gasteiger partial charge < -0.3 is 10.6 Å². The largest absolute Gasteiger partial charge is 0.328 e. The molecule has 1 aliphatic carbocycles. The first-order valence-electron chi connectivity index (χ1n) is 4.86. The smallest absolute Gasteiger partial charge is 0.00964 e. The number of hydrogen-bond acceptors (Lipinski definition) is 2. The van der Waals surface area contributed by atoms with Crippen molar-refractivity contribution in [3.8, 4) is 0 Å². The Kier molecular flexibility index (Phi) is 2.14. The standard InChI is InChI=1S/C9H18N2/c10-8-2-4-9(5-3-8)11-6-1-7-11/h8-9H,1-7,10H2. The molecule has 0 bridgehead atoms. The van der Waals surface area contributed by atoms with Crippen LogP contribution in [0.15, 0.2) is 0 Å². The molecule has 1 heterocycles. The fourth-order valence-corrected chi connectivity index (χ4v) is 2.17. The topological polar surface area (TPSA) is 29.3 Å². The summed E-state index contributed by atoms with van der Waals surface area (Å²) in [5.41, 5.74) is 5.84. The van der Waals surface area contributed by atoms with Gasteiger partial charge in [0.1, 0.15) is 0 Å².